The van der Waals surface area contributed by atoms with Gasteiger partial charge in [0.25, 0.3) is 0 Å². The van der Waals surface area contributed by atoms with Crippen molar-refractivity contribution in [3.8, 4) is 0 Å². The largest absolute Gasteiger partial charge is 0.320 e. The molecule has 5 heteroatoms. The van der Waals surface area contributed by atoms with Crippen molar-refractivity contribution in [2.24, 2.45) is 5.73 Å². The van der Waals surface area contributed by atoms with E-state index in [0.717, 1.165) is 5.56 Å². The maximum absolute atomic E-state index is 6.04. The van der Waals surface area contributed by atoms with E-state index in [9.17, 15) is 0 Å². The van der Waals surface area contributed by atoms with Gasteiger partial charge in [0.15, 0.2) is 0 Å². The Labute approximate surface area is 105 Å². The number of rotatable bonds is 2. The van der Waals surface area contributed by atoms with Gasteiger partial charge in [0.1, 0.15) is 0 Å². The minimum absolute atomic E-state index is 0. The van der Waals surface area contributed by atoms with Gasteiger partial charge in [-0.1, -0.05) is 6.07 Å². The summed E-state index contributed by atoms with van der Waals surface area (Å²) >= 11 is 1.68. The number of aromatic nitrogens is 1. The molecule has 0 radical (unpaired) electrons. The number of thiophene rings is 1. The number of hydrogen-bond acceptors (Lipinski definition) is 3. The molecule has 0 saturated carbocycles. The third-order valence-corrected chi connectivity index (χ3v) is 2.87. The predicted octanol–water partition coefficient (Wildman–Crippen LogP) is 3.03. The van der Waals surface area contributed by atoms with E-state index in [0.29, 0.717) is 0 Å². The van der Waals surface area contributed by atoms with Crippen LogP contribution in [0.5, 0.6) is 0 Å². The smallest absolute Gasteiger partial charge is 0.0647 e. The topological polar surface area (TPSA) is 38.9 Å². The summed E-state index contributed by atoms with van der Waals surface area (Å²) in [5.74, 6) is 0. The van der Waals surface area contributed by atoms with Crippen LogP contribution in [-0.2, 0) is 0 Å². The van der Waals surface area contributed by atoms with Gasteiger partial charge in [-0.2, -0.15) is 0 Å². The van der Waals surface area contributed by atoms with Gasteiger partial charge < -0.3 is 5.73 Å². The molecule has 0 saturated heterocycles. The first-order valence-electron chi connectivity index (χ1n) is 4.07. The minimum Gasteiger partial charge on any atom is -0.320 e. The molecule has 2 aromatic heterocycles. The average molecular weight is 263 g/mol. The molecule has 0 fully saturated rings. The highest BCUT2D eigenvalue weighted by Crippen LogP contribution is 2.22. The molecule has 0 spiro atoms. The number of halogens is 2. The first kappa shape index (κ1) is 14.4. The third kappa shape index (κ3) is 3.47. The van der Waals surface area contributed by atoms with E-state index < -0.39 is 0 Å². The Kier molecular flexibility index (Phi) is 6.52. The van der Waals surface area contributed by atoms with Gasteiger partial charge in [0.05, 0.1) is 6.04 Å². The highest BCUT2D eigenvalue weighted by atomic mass is 35.5. The van der Waals surface area contributed by atoms with Crippen LogP contribution in [0.25, 0.3) is 0 Å². The lowest BCUT2D eigenvalue weighted by molar-refractivity contribution is 0.889. The molecule has 2 rings (SSSR count). The summed E-state index contributed by atoms with van der Waals surface area (Å²) in [5, 5.41) is 2.04. The van der Waals surface area contributed by atoms with Crippen LogP contribution in [0.4, 0.5) is 0 Å². The minimum atomic E-state index is -0.0111. The van der Waals surface area contributed by atoms with E-state index in [2.05, 4.69) is 11.1 Å². The van der Waals surface area contributed by atoms with E-state index in [1.807, 2.05) is 23.6 Å². The molecule has 0 aliphatic rings. The van der Waals surface area contributed by atoms with E-state index >= 15 is 0 Å². The SMILES string of the molecule is Cl.Cl.NC(c1ccncc1)c1cccs1. The molecule has 82 valence electrons. The summed E-state index contributed by atoms with van der Waals surface area (Å²) in [4.78, 5) is 5.14. The molecule has 0 aromatic carbocycles. The second-order valence-corrected chi connectivity index (χ2v) is 3.75. The van der Waals surface area contributed by atoms with E-state index in [-0.39, 0.29) is 30.9 Å². The fourth-order valence-electron chi connectivity index (χ4n) is 1.20. The molecular formula is C10H12Cl2N2S. The van der Waals surface area contributed by atoms with Gasteiger partial charge in [-0.15, -0.1) is 36.2 Å². The van der Waals surface area contributed by atoms with Crippen LogP contribution >= 0.6 is 36.2 Å². The number of nitrogens with two attached hydrogens (primary N) is 1. The van der Waals surface area contributed by atoms with Crippen molar-refractivity contribution in [2.45, 2.75) is 6.04 Å². The molecular weight excluding hydrogens is 251 g/mol. The fraction of sp³-hybridized carbons (Fsp3) is 0.100. The van der Waals surface area contributed by atoms with Gasteiger partial charge in [0, 0.05) is 17.3 Å². The summed E-state index contributed by atoms with van der Waals surface area (Å²) < 4.78 is 0. The lowest BCUT2D eigenvalue weighted by atomic mass is 10.1. The second kappa shape index (κ2) is 6.80. The molecule has 0 aliphatic carbocycles. The molecule has 2 heterocycles. The van der Waals surface area contributed by atoms with Crippen LogP contribution in [-0.4, -0.2) is 4.98 Å². The average Bonchev–Trinajstić information content (AvgIpc) is 2.71. The maximum atomic E-state index is 6.04. The molecule has 2 aromatic rings. The van der Waals surface area contributed by atoms with E-state index in [1.54, 1.807) is 23.7 Å². The Hall–Kier alpha value is -0.610. The molecule has 0 amide bonds. The van der Waals surface area contributed by atoms with Gasteiger partial charge in [-0.25, -0.2) is 0 Å². The zero-order chi connectivity index (χ0) is 9.10. The number of hydrogen-bond donors (Lipinski definition) is 1. The van der Waals surface area contributed by atoms with Crippen LogP contribution < -0.4 is 5.73 Å². The molecule has 2 N–H and O–H groups in total. The monoisotopic (exact) mass is 262 g/mol. The van der Waals surface area contributed by atoms with Gasteiger partial charge >= 0.3 is 0 Å². The van der Waals surface area contributed by atoms with E-state index in [1.165, 1.54) is 4.88 Å². The molecule has 1 atom stereocenters. The standard InChI is InChI=1S/C10H10N2S.2ClH/c11-10(9-2-1-7-13-9)8-3-5-12-6-4-8;;/h1-7,10H,11H2;2*1H. The Morgan fingerprint density at radius 3 is 2.33 bits per heavy atom. The highest BCUT2D eigenvalue weighted by Gasteiger charge is 2.08. The van der Waals surface area contributed by atoms with Crippen LogP contribution in [0.15, 0.2) is 42.0 Å². The summed E-state index contributed by atoms with van der Waals surface area (Å²) in [5.41, 5.74) is 7.15. The quantitative estimate of drug-likeness (QED) is 0.904. The Morgan fingerprint density at radius 1 is 1.13 bits per heavy atom. The van der Waals surface area contributed by atoms with Crippen LogP contribution in [0.2, 0.25) is 0 Å². The zero-order valence-electron chi connectivity index (χ0n) is 7.87. The predicted molar refractivity (Wildman–Crippen MR) is 69.1 cm³/mol. The van der Waals surface area contributed by atoms with Crippen LogP contribution in [0, 0.1) is 0 Å². The second-order valence-electron chi connectivity index (χ2n) is 2.77. The first-order chi connectivity index (χ1) is 6.38. The van der Waals surface area contributed by atoms with Crippen LogP contribution in [0.3, 0.4) is 0 Å². The summed E-state index contributed by atoms with van der Waals surface area (Å²) in [6, 6.07) is 7.95. The van der Waals surface area contributed by atoms with Crippen molar-refractivity contribution < 1.29 is 0 Å². The highest BCUT2D eigenvalue weighted by molar-refractivity contribution is 7.10. The van der Waals surface area contributed by atoms with Crippen molar-refractivity contribution in [3.63, 3.8) is 0 Å². The van der Waals surface area contributed by atoms with Crippen LogP contribution in [0.1, 0.15) is 16.5 Å². The van der Waals surface area contributed by atoms with Crippen molar-refractivity contribution in [1.29, 1.82) is 0 Å². The van der Waals surface area contributed by atoms with Crippen molar-refractivity contribution in [2.75, 3.05) is 0 Å². The van der Waals surface area contributed by atoms with Gasteiger partial charge in [-0.3, -0.25) is 4.98 Å². The summed E-state index contributed by atoms with van der Waals surface area (Å²) in [7, 11) is 0. The fourth-order valence-corrected chi connectivity index (χ4v) is 1.96. The molecule has 2 nitrogen and oxygen atoms in total. The summed E-state index contributed by atoms with van der Waals surface area (Å²) in [6.45, 7) is 0. The normalized spacial score (nSPS) is 11.0. The van der Waals surface area contributed by atoms with Crippen molar-refractivity contribution >= 4 is 36.2 Å². The van der Waals surface area contributed by atoms with Crippen molar-refractivity contribution in [1.82, 2.24) is 4.98 Å². The molecule has 1 unspecified atom stereocenters. The third-order valence-electron chi connectivity index (χ3n) is 1.91. The first-order valence-corrected chi connectivity index (χ1v) is 4.95. The molecule has 0 bridgehead atoms. The Bertz CT molecular complexity index is 364. The lowest BCUT2D eigenvalue weighted by Gasteiger charge is -2.08. The number of pyridine rings is 1. The lowest BCUT2D eigenvalue weighted by Crippen LogP contribution is -2.09. The van der Waals surface area contributed by atoms with E-state index in [4.69, 9.17) is 5.73 Å². The van der Waals surface area contributed by atoms with Crippen molar-refractivity contribution in [3.05, 3.63) is 52.5 Å². The van der Waals surface area contributed by atoms with Gasteiger partial charge in [0.2, 0.25) is 0 Å². The molecule has 0 aliphatic heterocycles. The zero-order valence-corrected chi connectivity index (χ0v) is 10.3. The number of nitrogens with zero attached hydrogens (tertiary/aromatic N) is 1. The Balaban J connectivity index is 0.000000980. The maximum Gasteiger partial charge on any atom is 0.0647 e. The summed E-state index contributed by atoms with van der Waals surface area (Å²) in [6.07, 6.45) is 3.53. The van der Waals surface area contributed by atoms with Gasteiger partial charge in [-0.05, 0) is 29.1 Å². The molecule has 15 heavy (non-hydrogen) atoms. The Morgan fingerprint density at radius 2 is 1.80 bits per heavy atom.